The Morgan fingerprint density at radius 3 is 2.04 bits per heavy atom. The van der Waals surface area contributed by atoms with Gasteiger partial charge in [-0.2, -0.15) is 0 Å². The van der Waals surface area contributed by atoms with Gasteiger partial charge in [-0.25, -0.2) is 0 Å². The minimum atomic E-state index is -0.227. The van der Waals surface area contributed by atoms with E-state index in [2.05, 4.69) is 19.1 Å². The van der Waals surface area contributed by atoms with Crippen LogP contribution in [-0.2, 0) is 9.53 Å². The minimum absolute atomic E-state index is 0.0225. The van der Waals surface area contributed by atoms with Gasteiger partial charge in [-0.1, -0.05) is 70.4 Å². The maximum atomic E-state index is 11.4. The average molecular weight is 370 g/mol. The monoisotopic (exact) mass is 369 g/mol. The lowest BCUT2D eigenvalue weighted by molar-refractivity contribution is -0.122. The number of carbonyl (C=O) groups is 1. The molecule has 4 heteroatoms. The van der Waals surface area contributed by atoms with Gasteiger partial charge in [0.1, 0.15) is 0 Å². The van der Waals surface area contributed by atoms with Crippen LogP contribution in [0.2, 0.25) is 0 Å². The Bertz CT molecular complexity index is 331. The normalized spacial score (nSPS) is 12.7. The third kappa shape index (κ3) is 17.9. The summed E-state index contributed by atoms with van der Waals surface area (Å²) in [5.74, 6) is -0.318. The largest absolute Gasteiger partial charge is 0.394 e. The molecule has 0 spiro atoms. The number of unbranched alkanes of at least 4 members (excludes halogenated alkanes) is 10. The maximum Gasteiger partial charge on any atom is 0.220 e. The van der Waals surface area contributed by atoms with Gasteiger partial charge in [-0.15, -0.1) is 0 Å². The lowest BCUT2D eigenvalue weighted by atomic mass is 9.97. The van der Waals surface area contributed by atoms with Crippen molar-refractivity contribution in [1.82, 2.24) is 0 Å². The number of ether oxygens (including phenoxy) is 1. The molecule has 26 heavy (non-hydrogen) atoms. The number of rotatable bonds is 20. The number of allylic oxidation sites excluding steroid dienone is 2. The summed E-state index contributed by atoms with van der Waals surface area (Å²) in [4.78, 5) is 11.4. The van der Waals surface area contributed by atoms with Crippen molar-refractivity contribution < 1.29 is 14.6 Å². The highest BCUT2D eigenvalue weighted by molar-refractivity contribution is 5.76. The second-order valence-electron chi connectivity index (χ2n) is 7.24. The van der Waals surface area contributed by atoms with Gasteiger partial charge in [0.25, 0.3) is 0 Å². The molecule has 0 bridgehead atoms. The third-order valence-corrected chi connectivity index (χ3v) is 4.81. The number of aliphatic hydroxyl groups excluding tert-OH is 1. The summed E-state index contributed by atoms with van der Waals surface area (Å²) >= 11 is 0. The number of hydrogen-bond donors (Lipinski definition) is 2. The number of carbonyl (C=O) groups excluding carboxylic acids is 1. The summed E-state index contributed by atoms with van der Waals surface area (Å²) in [6.45, 7) is 3.11. The van der Waals surface area contributed by atoms with E-state index in [4.69, 9.17) is 15.6 Å². The quantitative estimate of drug-likeness (QED) is 0.231. The fourth-order valence-corrected chi connectivity index (χ4v) is 3.11. The van der Waals surface area contributed by atoms with Crippen LogP contribution in [0.4, 0.5) is 0 Å². The Morgan fingerprint density at radius 2 is 1.46 bits per heavy atom. The first-order valence-corrected chi connectivity index (χ1v) is 10.8. The highest BCUT2D eigenvalue weighted by Crippen LogP contribution is 2.15. The zero-order valence-electron chi connectivity index (χ0n) is 17.1. The van der Waals surface area contributed by atoms with Crippen LogP contribution in [0.1, 0.15) is 96.8 Å². The average Bonchev–Trinajstić information content (AvgIpc) is 2.63. The Kier molecular flexibility index (Phi) is 19.8. The highest BCUT2D eigenvalue weighted by Gasteiger charge is 2.14. The smallest absolute Gasteiger partial charge is 0.220 e. The molecule has 0 saturated carbocycles. The van der Waals surface area contributed by atoms with Crippen molar-refractivity contribution in [2.75, 3.05) is 19.8 Å². The fourth-order valence-electron chi connectivity index (χ4n) is 3.11. The Labute approximate surface area is 161 Å². The van der Waals surface area contributed by atoms with Gasteiger partial charge < -0.3 is 15.6 Å². The summed E-state index contributed by atoms with van der Waals surface area (Å²) in [7, 11) is 0. The Balaban J connectivity index is 3.44. The fraction of sp³-hybridized carbons (Fsp3) is 0.864. The molecular formula is C22H43NO3. The predicted molar refractivity (Wildman–Crippen MR) is 110 cm³/mol. The van der Waals surface area contributed by atoms with Crippen molar-refractivity contribution in [3.8, 4) is 0 Å². The van der Waals surface area contributed by atoms with Gasteiger partial charge >= 0.3 is 0 Å². The lowest BCUT2D eigenvalue weighted by Gasteiger charge is -2.13. The number of primary amides is 1. The molecule has 1 atom stereocenters. The number of amides is 1. The third-order valence-electron chi connectivity index (χ3n) is 4.81. The molecule has 1 unspecified atom stereocenters. The van der Waals surface area contributed by atoms with E-state index < -0.39 is 0 Å². The van der Waals surface area contributed by atoms with Crippen LogP contribution in [0.5, 0.6) is 0 Å². The Morgan fingerprint density at radius 1 is 0.885 bits per heavy atom. The number of hydrogen-bond acceptors (Lipinski definition) is 3. The molecule has 1 amide bonds. The molecule has 0 aromatic carbocycles. The summed E-state index contributed by atoms with van der Waals surface area (Å²) in [5, 5.41) is 8.66. The molecule has 0 aliphatic rings. The van der Waals surface area contributed by atoms with E-state index in [1.807, 2.05) is 0 Å². The molecule has 0 aliphatic heterocycles. The van der Waals surface area contributed by atoms with Gasteiger partial charge in [0.05, 0.1) is 13.2 Å². The predicted octanol–water partition coefficient (Wildman–Crippen LogP) is 5.13. The molecule has 0 radical (unpaired) electrons. The van der Waals surface area contributed by atoms with Gasteiger partial charge in [-0.3, -0.25) is 4.79 Å². The van der Waals surface area contributed by atoms with Crippen molar-refractivity contribution in [2.45, 2.75) is 96.8 Å². The van der Waals surface area contributed by atoms with Crippen LogP contribution in [0.25, 0.3) is 0 Å². The molecule has 0 aromatic heterocycles. The summed E-state index contributed by atoms with van der Waals surface area (Å²) in [6.07, 6.45) is 21.4. The highest BCUT2D eigenvalue weighted by atomic mass is 16.5. The molecule has 0 aliphatic carbocycles. The van der Waals surface area contributed by atoms with E-state index in [1.54, 1.807) is 0 Å². The van der Waals surface area contributed by atoms with Crippen molar-refractivity contribution in [3.63, 3.8) is 0 Å². The van der Waals surface area contributed by atoms with Crippen molar-refractivity contribution in [3.05, 3.63) is 12.2 Å². The van der Waals surface area contributed by atoms with Crippen LogP contribution >= 0.6 is 0 Å². The van der Waals surface area contributed by atoms with E-state index in [9.17, 15) is 4.79 Å². The van der Waals surface area contributed by atoms with E-state index in [-0.39, 0.29) is 18.4 Å². The summed E-state index contributed by atoms with van der Waals surface area (Å²) in [6, 6.07) is 0. The first-order valence-electron chi connectivity index (χ1n) is 10.8. The molecular weight excluding hydrogens is 326 g/mol. The van der Waals surface area contributed by atoms with Crippen LogP contribution in [-0.4, -0.2) is 30.8 Å². The van der Waals surface area contributed by atoms with Crippen molar-refractivity contribution >= 4 is 5.91 Å². The molecule has 4 nitrogen and oxygen atoms in total. The molecule has 0 rings (SSSR count). The summed E-state index contributed by atoms with van der Waals surface area (Å²) < 4.78 is 5.22. The van der Waals surface area contributed by atoms with Gasteiger partial charge in [-0.05, 0) is 38.5 Å². The van der Waals surface area contributed by atoms with Crippen LogP contribution in [0, 0.1) is 5.92 Å². The molecule has 0 saturated heterocycles. The molecule has 0 heterocycles. The SMILES string of the molecule is CCCCCCCC/C=C\CCCCCCC(CCOCCO)C(N)=O. The second kappa shape index (κ2) is 20.4. The molecule has 0 aromatic rings. The zero-order valence-corrected chi connectivity index (χ0v) is 17.1. The van der Waals surface area contributed by atoms with E-state index in [0.717, 1.165) is 19.3 Å². The summed E-state index contributed by atoms with van der Waals surface area (Å²) in [5.41, 5.74) is 5.45. The number of nitrogens with two attached hydrogens (primary N) is 1. The van der Waals surface area contributed by atoms with E-state index >= 15 is 0 Å². The number of aliphatic hydroxyl groups is 1. The van der Waals surface area contributed by atoms with Crippen molar-refractivity contribution in [1.29, 1.82) is 0 Å². The minimum Gasteiger partial charge on any atom is -0.394 e. The first kappa shape index (κ1) is 25.1. The van der Waals surface area contributed by atoms with Gasteiger partial charge in [0, 0.05) is 12.5 Å². The van der Waals surface area contributed by atoms with Crippen LogP contribution in [0.15, 0.2) is 12.2 Å². The molecule has 3 N–H and O–H groups in total. The maximum absolute atomic E-state index is 11.4. The van der Waals surface area contributed by atoms with E-state index in [1.165, 1.54) is 64.2 Å². The van der Waals surface area contributed by atoms with Gasteiger partial charge in [0.15, 0.2) is 0 Å². The molecule has 0 fully saturated rings. The molecule has 154 valence electrons. The van der Waals surface area contributed by atoms with Crippen LogP contribution < -0.4 is 5.73 Å². The topological polar surface area (TPSA) is 72.6 Å². The first-order chi connectivity index (χ1) is 12.7. The lowest BCUT2D eigenvalue weighted by Crippen LogP contribution is -2.24. The van der Waals surface area contributed by atoms with Crippen molar-refractivity contribution in [2.24, 2.45) is 11.7 Å². The standard InChI is InChI=1S/C22H43NO3/c1-2-3-4-5-6-7-8-9-10-11-12-13-14-15-16-21(22(23)25)17-19-26-20-18-24/h9-10,21,24H,2-8,11-20H2,1H3,(H2,23,25)/b10-9-. The second-order valence-corrected chi connectivity index (χ2v) is 7.24. The van der Waals surface area contributed by atoms with Crippen LogP contribution in [0.3, 0.4) is 0 Å². The van der Waals surface area contributed by atoms with E-state index in [0.29, 0.717) is 19.6 Å². The Hall–Kier alpha value is -0.870. The zero-order chi connectivity index (χ0) is 19.3. The van der Waals surface area contributed by atoms with Gasteiger partial charge in [0.2, 0.25) is 5.91 Å².